The van der Waals surface area contributed by atoms with Gasteiger partial charge in [0.05, 0.1) is 6.61 Å². The summed E-state index contributed by atoms with van der Waals surface area (Å²) in [5.74, 6) is -0.837. The second-order valence-corrected chi connectivity index (χ2v) is 12.5. The quantitative estimate of drug-likeness (QED) is 0.536. The minimum atomic E-state index is -3.64. The molecule has 1 aliphatic carbocycles. The molecule has 3 heterocycles. The number of ether oxygens (including phenoxy) is 1. The Hall–Kier alpha value is -2.14. The Bertz CT molecular complexity index is 1150. The third-order valence-electron chi connectivity index (χ3n) is 8.24. The Balaban J connectivity index is 1.06. The summed E-state index contributed by atoms with van der Waals surface area (Å²) in [6.45, 7) is 4.20. The summed E-state index contributed by atoms with van der Waals surface area (Å²) in [5.41, 5.74) is 1.07. The van der Waals surface area contributed by atoms with Crippen LogP contribution in [0.4, 0.5) is 14.6 Å². The molecule has 5 rings (SSSR count). The van der Waals surface area contributed by atoms with Crippen LogP contribution in [0.25, 0.3) is 0 Å². The van der Waals surface area contributed by atoms with Gasteiger partial charge in [-0.05, 0) is 93.2 Å². The van der Waals surface area contributed by atoms with Gasteiger partial charge in [0.2, 0.25) is 10.0 Å². The van der Waals surface area contributed by atoms with Crippen molar-refractivity contribution in [3.63, 3.8) is 0 Å². The van der Waals surface area contributed by atoms with Gasteiger partial charge >= 0.3 is 0 Å². The minimum Gasteiger partial charge on any atom is -0.381 e. The van der Waals surface area contributed by atoms with E-state index in [1.54, 1.807) is 12.1 Å². The van der Waals surface area contributed by atoms with Crippen molar-refractivity contribution in [3.05, 3.63) is 53.7 Å². The molecule has 1 spiro atoms. The number of rotatable bonds is 8. The van der Waals surface area contributed by atoms with Crippen LogP contribution in [0.15, 0.2) is 41.4 Å². The molecule has 202 valence electrons. The van der Waals surface area contributed by atoms with Crippen LogP contribution in [-0.2, 0) is 21.2 Å². The van der Waals surface area contributed by atoms with E-state index in [-0.39, 0.29) is 17.0 Å². The Morgan fingerprint density at radius 2 is 1.76 bits per heavy atom. The normalized spacial score (nSPS) is 24.0. The molecule has 0 unspecified atom stereocenters. The Morgan fingerprint density at radius 1 is 1.00 bits per heavy atom. The van der Waals surface area contributed by atoms with Crippen molar-refractivity contribution >= 4 is 15.8 Å². The molecule has 1 aromatic heterocycles. The van der Waals surface area contributed by atoms with Crippen LogP contribution in [0.3, 0.4) is 0 Å². The van der Waals surface area contributed by atoms with Gasteiger partial charge in [-0.25, -0.2) is 26.9 Å². The van der Waals surface area contributed by atoms with Gasteiger partial charge in [0.15, 0.2) is 11.6 Å². The topological polar surface area (TPSA) is 83.6 Å². The molecular weight excluding hydrogens is 498 g/mol. The smallest absolute Gasteiger partial charge is 0.242 e. The number of halogens is 2. The van der Waals surface area contributed by atoms with E-state index in [4.69, 9.17) is 4.74 Å². The Kier molecular flexibility index (Phi) is 8.09. The molecule has 3 fully saturated rings. The van der Waals surface area contributed by atoms with Crippen LogP contribution in [0.1, 0.15) is 50.5 Å². The highest BCUT2D eigenvalue weighted by atomic mass is 32.2. The summed E-state index contributed by atoms with van der Waals surface area (Å²) < 4.78 is 60.8. The highest BCUT2D eigenvalue weighted by Crippen LogP contribution is 2.39. The number of anilines is 1. The van der Waals surface area contributed by atoms with Crippen molar-refractivity contribution < 1.29 is 21.9 Å². The summed E-state index contributed by atoms with van der Waals surface area (Å²) in [7, 11) is -3.64. The van der Waals surface area contributed by atoms with Crippen molar-refractivity contribution in [3.8, 4) is 0 Å². The summed E-state index contributed by atoms with van der Waals surface area (Å²) in [6.07, 6.45) is 8.56. The zero-order chi connectivity index (χ0) is 25.9. The van der Waals surface area contributed by atoms with Crippen molar-refractivity contribution in [2.24, 2.45) is 5.41 Å². The molecule has 37 heavy (non-hydrogen) atoms. The Labute approximate surface area is 218 Å². The number of nitrogens with zero attached hydrogens (tertiary/aromatic N) is 2. The molecular formula is C27H36F2N4O3S. The maximum Gasteiger partial charge on any atom is 0.242 e. The van der Waals surface area contributed by atoms with Gasteiger partial charge in [-0.3, -0.25) is 0 Å². The highest BCUT2D eigenvalue weighted by molar-refractivity contribution is 7.89. The number of nitrogens with one attached hydrogen (secondary N) is 2. The third kappa shape index (κ3) is 6.47. The second-order valence-electron chi connectivity index (χ2n) is 10.8. The van der Waals surface area contributed by atoms with Crippen LogP contribution in [0.2, 0.25) is 0 Å². The first-order chi connectivity index (χ1) is 17.8. The van der Waals surface area contributed by atoms with E-state index in [1.807, 2.05) is 6.07 Å². The van der Waals surface area contributed by atoms with Gasteiger partial charge in [-0.15, -0.1) is 0 Å². The van der Waals surface area contributed by atoms with Crippen molar-refractivity contribution in [2.45, 2.75) is 68.3 Å². The highest BCUT2D eigenvalue weighted by Gasteiger charge is 2.38. The van der Waals surface area contributed by atoms with E-state index >= 15 is 0 Å². The van der Waals surface area contributed by atoms with Crippen LogP contribution >= 0.6 is 0 Å². The molecule has 3 aliphatic rings. The van der Waals surface area contributed by atoms with E-state index in [1.165, 1.54) is 12.3 Å². The molecule has 2 aliphatic heterocycles. The maximum absolute atomic E-state index is 13.4. The van der Waals surface area contributed by atoms with Crippen molar-refractivity contribution in [1.82, 2.24) is 15.0 Å². The van der Waals surface area contributed by atoms with Gasteiger partial charge in [0, 0.05) is 38.0 Å². The summed E-state index contributed by atoms with van der Waals surface area (Å²) in [5, 5.41) is 3.46. The largest absolute Gasteiger partial charge is 0.381 e. The fourth-order valence-electron chi connectivity index (χ4n) is 5.79. The lowest BCUT2D eigenvalue weighted by Gasteiger charge is -2.38. The maximum atomic E-state index is 13.4. The zero-order valence-corrected chi connectivity index (χ0v) is 21.9. The molecule has 0 atom stereocenters. The van der Waals surface area contributed by atoms with Gasteiger partial charge < -0.3 is 15.0 Å². The fraction of sp³-hybridized carbons (Fsp3) is 0.593. The predicted molar refractivity (Wildman–Crippen MR) is 138 cm³/mol. The zero-order valence-electron chi connectivity index (χ0n) is 21.1. The summed E-state index contributed by atoms with van der Waals surface area (Å²) in [4.78, 5) is 6.90. The standard InChI is InChI=1S/C27H36F2N4O3S/c28-24-7-1-20(17-25(24)29)9-13-30-21-2-4-22(5-3-21)32-37(34,35)23-6-8-26(31-18-23)33-14-10-27(11-15-33)12-16-36-19-27/h1,6-8,17-18,21-22,30,32H,2-5,9-16,19H2. The SMILES string of the molecule is O=S(=O)(NC1CCC(NCCc2ccc(F)c(F)c2)CC1)c1ccc(N2CCC3(CCOC3)CC2)nc1. The van der Waals surface area contributed by atoms with E-state index in [0.29, 0.717) is 18.4 Å². The average Bonchev–Trinajstić information content (AvgIpc) is 3.35. The molecule has 2 saturated heterocycles. The lowest BCUT2D eigenvalue weighted by atomic mass is 9.78. The molecule has 1 aromatic carbocycles. The van der Waals surface area contributed by atoms with Crippen LogP contribution in [0, 0.1) is 17.0 Å². The molecule has 0 bridgehead atoms. The fourth-order valence-corrected chi connectivity index (χ4v) is 7.04. The molecule has 2 N–H and O–H groups in total. The lowest BCUT2D eigenvalue weighted by molar-refractivity contribution is 0.133. The third-order valence-corrected chi connectivity index (χ3v) is 9.75. The lowest BCUT2D eigenvalue weighted by Crippen LogP contribution is -2.42. The molecule has 2 aromatic rings. The number of aromatic nitrogens is 1. The first-order valence-corrected chi connectivity index (χ1v) is 14.8. The van der Waals surface area contributed by atoms with E-state index < -0.39 is 21.7 Å². The number of hydrogen-bond donors (Lipinski definition) is 2. The summed E-state index contributed by atoms with van der Waals surface area (Å²) >= 11 is 0. The number of piperidine rings is 1. The van der Waals surface area contributed by atoms with E-state index in [9.17, 15) is 17.2 Å². The van der Waals surface area contributed by atoms with Crippen molar-refractivity contribution in [1.29, 1.82) is 0 Å². The summed E-state index contributed by atoms with van der Waals surface area (Å²) in [6, 6.07) is 7.62. The Morgan fingerprint density at radius 3 is 2.41 bits per heavy atom. The van der Waals surface area contributed by atoms with Crippen LogP contribution in [0.5, 0.6) is 0 Å². The monoisotopic (exact) mass is 534 g/mol. The van der Waals surface area contributed by atoms with Crippen molar-refractivity contribution in [2.75, 3.05) is 37.7 Å². The molecule has 7 nitrogen and oxygen atoms in total. The van der Waals surface area contributed by atoms with Gasteiger partial charge in [-0.1, -0.05) is 6.07 Å². The first-order valence-electron chi connectivity index (χ1n) is 13.3. The second kappa shape index (κ2) is 11.3. The van der Waals surface area contributed by atoms with E-state index in [2.05, 4.69) is 19.9 Å². The molecule has 1 saturated carbocycles. The van der Waals surface area contributed by atoms with Gasteiger partial charge in [0.1, 0.15) is 10.7 Å². The molecule has 0 radical (unpaired) electrons. The van der Waals surface area contributed by atoms with Gasteiger partial charge in [-0.2, -0.15) is 0 Å². The average molecular weight is 535 g/mol. The van der Waals surface area contributed by atoms with Gasteiger partial charge in [0.25, 0.3) is 0 Å². The molecule has 10 heteroatoms. The number of hydrogen-bond acceptors (Lipinski definition) is 6. The van der Waals surface area contributed by atoms with Crippen LogP contribution in [-0.4, -0.2) is 58.3 Å². The number of benzene rings is 1. The number of pyridine rings is 1. The predicted octanol–water partition coefficient (Wildman–Crippen LogP) is 3.79. The first kappa shape index (κ1) is 26.5. The van der Waals surface area contributed by atoms with Crippen LogP contribution < -0.4 is 14.9 Å². The molecule has 0 amide bonds. The number of sulfonamides is 1. The van der Waals surface area contributed by atoms with E-state index in [0.717, 1.165) is 88.7 Å². The minimum absolute atomic E-state index is 0.110.